The van der Waals surface area contributed by atoms with Crippen molar-refractivity contribution in [1.82, 2.24) is 0 Å². The first kappa shape index (κ1) is 23.9. The van der Waals surface area contributed by atoms with Gasteiger partial charge in [0.05, 0.1) is 9.79 Å². The number of aromatic hydroxyl groups is 3. The van der Waals surface area contributed by atoms with E-state index in [9.17, 15) is 20.1 Å². The molecule has 0 unspecified atom stereocenters. The van der Waals surface area contributed by atoms with Crippen molar-refractivity contribution in [2.75, 3.05) is 0 Å². The van der Waals surface area contributed by atoms with E-state index in [0.717, 1.165) is 19.3 Å². The summed E-state index contributed by atoms with van der Waals surface area (Å²) < 4.78 is 5.48. The molecular weight excluding hydrogens is 400 g/mol. The highest BCUT2D eigenvalue weighted by Gasteiger charge is 2.14. The summed E-state index contributed by atoms with van der Waals surface area (Å²) in [5, 5.41) is 29.2. The number of benzene rings is 2. The number of carbonyl (C=O) groups excluding carboxylic acids is 1. The zero-order chi connectivity index (χ0) is 21.8. The third-order valence-electron chi connectivity index (χ3n) is 4.80. The molecule has 6 heteroatoms. The van der Waals surface area contributed by atoms with Crippen molar-refractivity contribution >= 4 is 17.7 Å². The van der Waals surface area contributed by atoms with Crippen LogP contribution in [0.3, 0.4) is 0 Å². The summed E-state index contributed by atoms with van der Waals surface area (Å²) in [6, 6.07) is 8.82. The minimum atomic E-state index is -0.333. The molecule has 0 atom stereocenters. The molecule has 30 heavy (non-hydrogen) atoms. The van der Waals surface area contributed by atoms with Gasteiger partial charge in [0, 0.05) is 18.6 Å². The summed E-state index contributed by atoms with van der Waals surface area (Å²) in [6.45, 7) is 2.22. The summed E-state index contributed by atoms with van der Waals surface area (Å²) >= 11 is 1.19. The van der Waals surface area contributed by atoms with E-state index < -0.39 is 0 Å². The number of hydrogen-bond acceptors (Lipinski definition) is 6. The average molecular weight is 433 g/mol. The Morgan fingerprint density at radius 3 is 2.00 bits per heavy atom. The van der Waals surface area contributed by atoms with Gasteiger partial charge in [-0.3, -0.25) is 4.79 Å². The number of hydrogen-bond donors (Lipinski definition) is 3. The molecule has 0 saturated carbocycles. The summed E-state index contributed by atoms with van der Waals surface area (Å²) in [4.78, 5) is 13.4. The molecule has 2 aromatic rings. The molecule has 0 aromatic heterocycles. The van der Waals surface area contributed by atoms with E-state index in [4.69, 9.17) is 4.74 Å². The standard InChI is InChI=1S/C24H32O5S/c1-2-3-4-5-6-7-8-9-10-11-24(28)29-21-17-19(26)13-15-23(21)30-22-14-12-18(25)16-20(22)27/h12-17,25-27H,2-11H2,1H3. The summed E-state index contributed by atoms with van der Waals surface area (Å²) in [7, 11) is 0. The van der Waals surface area contributed by atoms with Gasteiger partial charge >= 0.3 is 5.97 Å². The highest BCUT2D eigenvalue weighted by atomic mass is 32.2. The van der Waals surface area contributed by atoms with E-state index in [1.54, 1.807) is 12.1 Å². The van der Waals surface area contributed by atoms with E-state index >= 15 is 0 Å². The maximum Gasteiger partial charge on any atom is 0.311 e. The van der Waals surface area contributed by atoms with Crippen LogP contribution < -0.4 is 4.74 Å². The van der Waals surface area contributed by atoms with E-state index in [-0.39, 0.29) is 29.0 Å². The molecule has 0 radical (unpaired) electrons. The maximum atomic E-state index is 12.3. The fourth-order valence-corrected chi connectivity index (χ4v) is 4.00. The van der Waals surface area contributed by atoms with Crippen LogP contribution in [0, 0.1) is 0 Å². The molecule has 0 aliphatic rings. The maximum absolute atomic E-state index is 12.3. The van der Waals surface area contributed by atoms with Crippen LogP contribution in [-0.4, -0.2) is 21.3 Å². The molecule has 3 N–H and O–H groups in total. The second-order valence-electron chi connectivity index (χ2n) is 7.44. The number of unbranched alkanes of at least 4 members (excludes halogenated alkanes) is 8. The molecule has 5 nitrogen and oxygen atoms in total. The van der Waals surface area contributed by atoms with Crippen molar-refractivity contribution in [1.29, 1.82) is 0 Å². The van der Waals surface area contributed by atoms with Crippen LogP contribution in [0.4, 0.5) is 0 Å². The van der Waals surface area contributed by atoms with Crippen molar-refractivity contribution < 1.29 is 24.9 Å². The Morgan fingerprint density at radius 1 is 0.800 bits per heavy atom. The lowest BCUT2D eigenvalue weighted by molar-refractivity contribution is -0.134. The predicted octanol–water partition coefficient (Wildman–Crippen LogP) is 6.78. The molecule has 164 valence electrons. The van der Waals surface area contributed by atoms with E-state index in [1.165, 1.54) is 74.6 Å². The smallest absolute Gasteiger partial charge is 0.311 e. The van der Waals surface area contributed by atoms with Gasteiger partial charge in [0.1, 0.15) is 23.0 Å². The average Bonchev–Trinajstić information content (AvgIpc) is 2.70. The third-order valence-corrected chi connectivity index (χ3v) is 5.92. The Bertz CT molecular complexity index is 806. The first-order valence-electron chi connectivity index (χ1n) is 10.7. The summed E-state index contributed by atoms with van der Waals surface area (Å²) in [5.74, 6) is -0.177. The summed E-state index contributed by atoms with van der Waals surface area (Å²) in [5.41, 5.74) is 0. The van der Waals surface area contributed by atoms with Gasteiger partial charge in [-0.05, 0) is 30.7 Å². The Morgan fingerprint density at radius 2 is 1.37 bits per heavy atom. The number of rotatable bonds is 13. The molecule has 0 aliphatic carbocycles. The zero-order valence-electron chi connectivity index (χ0n) is 17.6. The van der Waals surface area contributed by atoms with Gasteiger partial charge in [0.25, 0.3) is 0 Å². The Hall–Kier alpha value is -2.34. The minimum absolute atomic E-state index is 0.000140. The van der Waals surface area contributed by atoms with E-state index in [2.05, 4.69) is 6.92 Å². The number of phenolic OH excluding ortho intramolecular Hbond substituents is 3. The molecule has 0 spiro atoms. The van der Waals surface area contributed by atoms with Crippen molar-refractivity contribution in [3.8, 4) is 23.0 Å². The predicted molar refractivity (Wildman–Crippen MR) is 119 cm³/mol. The molecule has 0 amide bonds. The molecule has 0 fully saturated rings. The van der Waals surface area contributed by atoms with Crippen molar-refractivity contribution in [2.45, 2.75) is 80.9 Å². The van der Waals surface area contributed by atoms with Crippen LogP contribution in [-0.2, 0) is 4.79 Å². The third kappa shape index (κ3) is 8.57. The molecule has 0 heterocycles. The topological polar surface area (TPSA) is 87.0 Å². The fraction of sp³-hybridized carbons (Fsp3) is 0.458. The number of ether oxygens (including phenoxy) is 1. The quantitative estimate of drug-likeness (QED) is 0.184. The van der Waals surface area contributed by atoms with E-state index in [1.807, 2.05) is 0 Å². The minimum Gasteiger partial charge on any atom is -0.508 e. The Labute approximate surface area is 183 Å². The first-order valence-corrected chi connectivity index (χ1v) is 11.5. The van der Waals surface area contributed by atoms with Gasteiger partial charge in [-0.25, -0.2) is 0 Å². The van der Waals surface area contributed by atoms with Crippen molar-refractivity contribution in [3.05, 3.63) is 36.4 Å². The highest BCUT2D eigenvalue weighted by molar-refractivity contribution is 7.99. The highest BCUT2D eigenvalue weighted by Crippen LogP contribution is 2.41. The SMILES string of the molecule is CCCCCCCCCCCC(=O)Oc1cc(O)ccc1Sc1ccc(O)cc1O. The van der Waals surface area contributed by atoms with Crippen LogP contribution in [0.2, 0.25) is 0 Å². The van der Waals surface area contributed by atoms with Crippen molar-refractivity contribution in [3.63, 3.8) is 0 Å². The van der Waals surface area contributed by atoms with Crippen LogP contribution in [0.25, 0.3) is 0 Å². The second-order valence-corrected chi connectivity index (χ2v) is 8.52. The zero-order valence-corrected chi connectivity index (χ0v) is 18.4. The van der Waals surface area contributed by atoms with Gasteiger partial charge in [-0.2, -0.15) is 0 Å². The number of phenols is 3. The monoisotopic (exact) mass is 432 g/mol. The molecule has 2 rings (SSSR count). The molecule has 2 aromatic carbocycles. The van der Waals surface area contributed by atoms with Gasteiger partial charge in [0.15, 0.2) is 0 Å². The lowest BCUT2D eigenvalue weighted by Crippen LogP contribution is -2.08. The van der Waals surface area contributed by atoms with Gasteiger partial charge in [-0.15, -0.1) is 0 Å². The van der Waals surface area contributed by atoms with Crippen LogP contribution in [0.15, 0.2) is 46.2 Å². The fourth-order valence-electron chi connectivity index (χ4n) is 3.13. The lowest BCUT2D eigenvalue weighted by atomic mass is 10.1. The largest absolute Gasteiger partial charge is 0.508 e. The molecular formula is C24H32O5S. The van der Waals surface area contributed by atoms with Gasteiger partial charge in [0.2, 0.25) is 0 Å². The number of carbonyl (C=O) groups is 1. The molecule has 0 aliphatic heterocycles. The van der Waals surface area contributed by atoms with Crippen LogP contribution >= 0.6 is 11.8 Å². The van der Waals surface area contributed by atoms with E-state index in [0.29, 0.717) is 16.2 Å². The van der Waals surface area contributed by atoms with Gasteiger partial charge < -0.3 is 20.1 Å². The van der Waals surface area contributed by atoms with Crippen molar-refractivity contribution in [2.24, 2.45) is 0 Å². The summed E-state index contributed by atoms with van der Waals surface area (Å²) in [6.07, 6.45) is 10.9. The number of esters is 1. The lowest BCUT2D eigenvalue weighted by Gasteiger charge is -2.11. The molecule has 0 bridgehead atoms. The van der Waals surface area contributed by atoms with Gasteiger partial charge in [-0.1, -0.05) is 70.1 Å². The van der Waals surface area contributed by atoms with Crippen LogP contribution in [0.5, 0.6) is 23.0 Å². The molecule has 0 saturated heterocycles. The Kier molecular flexibility index (Phi) is 10.4. The Balaban J connectivity index is 1.81. The first-order chi connectivity index (χ1) is 14.5. The second kappa shape index (κ2) is 13.1. The normalized spacial score (nSPS) is 10.8. The van der Waals surface area contributed by atoms with Crippen LogP contribution in [0.1, 0.15) is 71.1 Å².